The number of amidine groups is 1. The molecule has 0 spiro atoms. The summed E-state index contributed by atoms with van der Waals surface area (Å²) < 4.78 is 5.16. The van der Waals surface area contributed by atoms with Crippen molar-refractivity contribution < 1.29 is 29.0 Å². The largest absolute Gasteiger partial charge is 0.478 e. The standard InChI is InChI=1S/C10H10O3.C10H22O.C9H10O.C7H12N2O.C2H6/c1-2-9(11)7-5-3-4-6-8(7)10(12)13;1-4-5-6-7-8-9-10(2)11-3;1-8(10)7-9-5-3-2-4-6-9;1-3-5-6(8)9-7(10)4-2;1-2/h3-6H,2H2,1H3,(H,12,13);10H,4-9H2,1-3H3;2-6H,7H2,1H3;3,5H,4H2,1-2H3,(H2,8,9,10);1-2H3/b;;;5-3-;. The molecule has 1 unspecified atom stereocenters. The molecule has 2 aromatic rings. The molecule has 0 radical (unpaired) electrons. The monoisotopic (exact) mass is 640 g/mol. The number of unbranched alkanes of at least 4 members (excludes halogenated alkanes) is 4. The number of aromatic carboxylic acids is 1. The molecular weight excluding hydrogens is 580 g/mol. The summed E-state index contributed by atoms with van der Waals surface area (Å²) in [7, 11) is 1.79. The predicted molar refractivity (Wildman–Crippen MR) is 192 cm³/mol. The molecule has 2 aromatic carbocycles. The molecule has 1 amide bonds. The quantitative estimate of drug-likeness (QED) is 0.0909. The van der Waals surface area contributed by atoms with Crippen LogP contribution in [-0.4, -0.2) is 47.6 Å². The number of methoxy groups -OCH3 is 1. The summed E-state index contributed by atoms with van der Waals surface area (Å²) in [5, 5.41) is 8.76. The van der Waals surface area contributed by atoms with Crippen LogP contribution in [-0.2, 0) is 20.7 Å². The fraction of sp³-hybridized carbons (Fsp3) is 0.500. The van der Waals surface area contributed by atoms with Gasteiger partial charge in [-0.2, -0.15) is 4.99 Å². The topological polar surface area (TPSA) is 136 Å². The predicted octanol–water partition coefficient (Wildman–Crippen LogP) is 9.06. The van der Waals surface area contributed by atoms with Gasteiger partial charge in [0.1, 0.15) is 11.6 Å². The minimum atomic E-state index is -1.06. The van der Waals surface area contributed by atoms with E-state index in [2.05, 4.69) is 18.8 Å². The molecule has 0 bridgehead atoms. The van der Waals surface area contributed by atoms with Gasteiger partial charge in [0, 0.05) is 31.9 Å². The molecule has 3 N–H and O–H groups in total. The van der Waals surface area contributed by atoms with Gasteiger partial charge in [-0.05, 0) is 44.9 Å². The van der Waals surface area contributed by atoms with Crippen LogP contribution in [0.15, 0.2) is 71.7 Å². The van der Waals surface area contributed by atoms with Gasteiger partial charge in [0.25, 0.3) is 0 Å². The summed E-state index contributed by atoms with van der Waals surface area (Å²) >= 11 is 0. The highest BCUT2D eigenvalue weighted by atomic mass is 16.5. The van der Waals surface area contributed by atoms with Gasteiger partial charge < -0.3 is 15.6 Å². The third kappa shape index (κ3) is 27.6. The number of hydrogen-bond acceptors (Lipinski definition) is 5. The minimum Gasteiger partial charge on any atom is -0.478 e. The molecule has 2 rings (SSSR count). The summed E-state index contributed by atoms with van der Waals surface area (Å²) in [5.74, 6) is -0.897. The summed E-state index contributed by atoms with van der Waals surface area (Å²) in [6.45, 7) is 15.3. The molecule has 1 atom stereocenters. The first-order chi connectivity index (χ1) is 22.0. The van der Waals surface area contributed by atoms with Gasteiger partial charge in [0.05, 0.1) is 11.7 Å². The van der Waals surface area contributed by atoms with Gasteiger partial charge in [-0.15, -0.1) is 0 Å². The fourth-order valence-electron chi connectivity index (χ4n) is 3.57. The molecule has 0 aliphatic heterocycles. The van der Waals surface area contributed by atoms with Crippen molar-refractivity contribution in [3.8, 4) is 0 Å². The zero-order valence-electron chi connectivity index (χ0n) is 29.8. The number of ketones is 2. The molecule has 0 aromatic heterocycles. The van der Waals surface area contributed by atoms with Crippen LogP contribution in [0.5, 0.6) is 0 Å². The number of aliphatic imine (C=N–C) groups is 1. The number of nitrogens with zero attached hydrogens (tertiary/aromatic N) is 1. The minimum absolute atomic E-state index is 0.0781. The Balaban J connectivity index is -0.000000529. The Morgan fingerprint density at radius 1 is 0.870 bits per heavy atom. The van der Waals surface area contributed by atoms with Crippen LogP contribution in [0.1, 0.15) is 133 Å². The molecule has 0 aliphatic carbocycles. The van der Waals surface area contributed by atoms with Gasteiger partial charge in [-0.1, -0.05) is 121 Å². The molecular formula is C38H60N2O6. The van der Waals surface area contributed by atoms with Gasteiger partial charge in [-0.25, -0.2) is 4.79 Å². The van der Waals surface area contributed by atoms with E-state index in [9.17, 15) is 19.2 Å². The number of carboxylic acid groups (broad SMARTS) is 1. The molecule has 0 aliphatic rings. The van der Waals surface area contributed by atoms with E-state index in [0.29, 0.717) is 25.4 Å². The number of nitrogens with two attached hydrogens (primary N) is 1. The zero-order chi connectivity index (χ0) is 35.8. The Labute approximate surface area is 278 Å². The fourth-order valence-corrected chi connectivity index (χ4v) is 3.57. The van der Waals surface area contributed by atoms with Crippen molar-refractivity contribution in [2.75, 3.05) is 7.11 Å². The number of carbonyl (C=O) groups is 4. The van der Waals surface area contributed by atoms with E-state index in [4.69, 9.17) is 15.6 Å². The zero-order valence-corrected chi connectivity index (χ0v) is 29.8. The summed E-state index contributed by atoms with van der Waals surface area (Å²) in [6.07, 6.45) is 13.1. The molecule has 8 heteroatoms. The molecule has 0 fully saturated rings. The number of hydrogen-bond donors (Lipinski definition) is 2. The second kappa shape index (κ2) is 32.5. The lowest BCUT2D eigenvalue weighted by Crippen LogP contribution is -2.10. The summed E-state index contributed by atoms with van der Waals surface area (Å²) in [6, 6.07) is 16.0. The van der Waals surface area contributed by atoms with Crippen LogP contribution in [0.25, 0.3) is 0 Å². The Kier molecular flexibility index (Phi) is 32.8. The maximum Gasteiger partial charge on any atom is 0.336 e. The van der Waals surface area contributed by atoms with Crippen LogP contribution in [0.3, 0.4) is 0 Å². The van der Waals surface area contributed by atoms with Crippen LogP contribution in [0.2, 0.25) is 0 Å². The molecule has 8 nitrogen and oxygen atoms in total. The highest BCUT2D eigenvalue weighted by Gasteiger charge is 2.13. The average Bonchev–Trinajstić information content (AvgIpc) is 3.06. The second-order valence-electron chi connectivity index (χ2n) is 10.0. The number of carbonyl (C=O) groups excluding carboxylic acids is 3. The average molecular weight is 641 g/mol. The molecule has 0 saturated heterocycles. The van der Waals surface area contributed by atoms with E-state index < -0.39 is 5.97 Å². The lowest BCUT2D eigenvalue weighted by atomic mass is 10.0. The maximum atomic E-state index is 11.3. The first-order valence-electron chi connectivity index (χ1n) is 16.4. The smallest absolute Gasteiger partial charge is 0.336 e. The lowest BCUT2D eigenvalue weighted by Gasteiger charge is -2.07. The number of rotatable bonds is 14. The Bertz CT molecular complexity index is 1140. The molecule has 0 saturated carbocycles. The summed E-state index contributed by atoms with van der Waals surface area (Å²) in [5.41, 5.74) is 6.76. The van der Waals surface area contributed by atoms with Crippen molar-refractivity contribution in [3.05, 3.63) is 83.4 Å². The van der Waals surface area contributed by atoms with Gasteiger partial charge in [0.15, 0.2) is 5.78 Å². The van der Waals surface area contributed by atoms with Crippen LogP contribution in [0, 0.1) is 0 Å². The normalized spacial score (nSPS) is 10.8. The van der Waals surface area contributed by atoms with Crippen molar-refractivity contribution in [2.45, 2.75) is 119 Å². The van der Waals surface area contributed by atoms with Crippen molar-refractivity contribution in [1.29, 1.82) is 0 Å². The first kappa shape index (κ1) is 46.5. The van der Waals surface area contributed by atoms with Gasteiger partial charge in [0.2, 0.25) is 5.91 Å². The number of carboxylic acids is 1. The van der Waals surface area contributed by atoms with E-state index in [1.165, 1.54) is 50.7 Å². The van der Waals surface area contributed by atoms with E-state index in [-0.39, 0.29) is 34.4 Å². The SMILES string of the molecule is C/C=C\C(N)=NC(=O)CC.CC.CC(=O)Cc1ccccc1.CCC(=O)c1ccccc1C(=O)O.CCCCCCCC(C)OC. The number of benzene rings is 2. The third-order valence-electron chi connectivity index (χ3n) is 6.09. The second-order valence-corrected chi connectivity index (χ2v) is 10.0. The Hall–Kier alpha value is -3.91. The number of allylic oxidation sites excluding steroid dienone is 1. The van der Waals surface area contributed by atoms with E-state index >= 15 is 0 Å². The molecule has 46 heavy (non-hydrogen) atoms. The van der Waals surface area contributed by atoms with Gasteiger partial charge in [-0.3, -0.25) is 14.4 Å². The Morgan fingerprint density at radius 3 is 1.87 bits per heavy atom. The van der Waals surface area contributed by atoms with E-state index in [1.54, 1.807) is 52.2 Å². The number of Topliss-reactive ketones (excluding diaryl/α,β-unsaturated/α-hetero) is 2. The third-order valence-corrected chi connectivity index (χ3v) is 6.09. The van der Waals surface area contributed by atoms with Crippen LogP contribution < -0.4 is 5.73 Å². The highest BCUT2D eigenvalue weighted by Crippen LogP contribution is 2.11. The van der Waals surface area contributed by atoms with Gasteiger partial charge >= 0.3 is 5.97 Å². The van der Waals surface area contributed by atoms with Crippen molar-refractivity contribution in [1.82, 2.24) is 0 Å². The lowest BCUT2D eigenvalue weighted by molar-refractivity contribution is -0.117. The highest BCUT2D eigenvalue weighted by molar-refractivity contribution is 6.05. The van der Waals surface area contributed by atoms with Crippen LogP contribution in [0.4, 0.5) is 0 Å². The van der Waals surface area contributed by atoms with Crippen molar-refractivity contribution in [3.63, 3.8) is 0 Å². The number of ether oxygens (including phenoxy) is 1. The van der Waals surface area contributed by atoms with Crippen molar-refractivity contribution in [2.24, 2.45) is 10.7 Å². The Morgan fingerprint density at radius 2 is 1.41 bits per heavy atom. The molecule has 0 heterocycles. The van der Waals surface area contributed by atoms with E-state index in [1.807, 2.05) is 51.1 Å². The van der Waals surface area contributed by atoms with Crippen LogP contribution >= 0.6 is 0 Å². The first-order valence-corrected chi connectivity index (χ1v) is 16.4. The van der Waals surface area contributed by atoms with E-state index in [0.717, 1.165) is 5.56 Å². The molecule has 258 valence electrons. The maximum absolute atomic E-state index is 11.3. The number of amides is 1. The summed E-state index contributed by atoms with van der Waals surface area (Å²) in [4.78, 5) is 46.7. The van der Waals surface area contributed by atoms with Crippen molar-refractivity contribution >= 4 is 29.3 Å².